The fraction of sp³-hybridized carbons (Fsp3) is 0.462. The molecule has 100 valence electrons. The highest BCUT2D eigenvalue weighted by Crippen LogP contribution is 2.34. The zero-order valence-electron chi connectivity index (χ0n) is 10.7. The second-order valence-corrected chi connectivity index (χ2v) is 4.81. The predicted octanol–water partition coefficient (Wildman–Crippen LogP) is 1.64. The summed E-state index contributed by atoms with van der Waals surface area (Å²) in [5.41, 5.74) is 0.833. The summed E-state index contributed by atoms with van der Waals surface area (Å²) in [5, 5.41) is 21.2. The lowest BCUT2D eigenvalue weighted by molar-refractivity contribution is 0.198. The lowest BCUT2D eigenvalue weighted by Gasteiger charge is -2.09. The van der Waals surface area contributed by atoms with E-state index in [9.17, 15) is 5.11 Å². The van der Waals surface area contributed by atoms with Gasteiger partial charge in [-0.2, -0.15) is 0 Å². The molecule has 1 unspecified atom stereocenters. The number of aliphatic hydroxyl groups is 1. The Bertz CT molecular complexity index is 563. The molecule has 6 heteroatoms. The average Bonchev–Trinajstić information content (AvgIpc) is 3.16. The van der Waals surface area contributed by atoms with Crippen LogP contribution in [-0.4, -0.2) is 25.3 Å². The molecule has 6 nitrogen and oxygen atoms in total. The third-order valence-corrected chi connectivity index (χ3v) is 3.16. The SMILES string of the molecule is CC(O)c1cccc(OCc2nnnn2C2CC2)c1. The van der Waals surface area contributed by atoms with Crippen molar-refractivity contribution in [1.29, 1.82) is 0 Å². The van der Waals surface area contributed by atoms with E-state index in [4.69, 9.17) is 4.74 Å². The molecule has 0 spiro atoms. The van der Waals surface area contributed by atoms with Gasteiger partial charge in [0.15, 0.2) is 5.82 Å². The smallest absolute Gasteiger partial charge is 0.189 e. The third-order valence-electron chi connectivity index (χ3n) is 3.16. The summed E-state index contributed by atoms with van der Waals surface area (Å²) < 4.78 is 7.52. The van der Waals surface area contributed by atoms with Crippen LogP contribution in [0.25, 0.3) is 0 Å². The highest BCUT2D eigenvalue weighted by atomic mass is 16.5. The summed E-state index contributed by atoms with van der Waals surface area (Å²) in [5.74, 6) is 1.45. The first-order valence-electron chi connectivity index (χ1n) is 6.41. The number of rotatable bonds is 5. The first-order chi connectivity index (χ1) is 9.24. The Morgan fingerprint density at radius 1 is 1.47 bits per heavy atom. The Balaban J connectivity index is 1.68. The summed E-state index contributed by atoms with van der Waals surface area (Å²) in [6, 6.07) is 7.86. The van der Waals surface area contributed by atoms with Gasteiger partial charge in [-0.05, 0) is 47.9 Å². The van der Waals surface area contributed by atoms with Gasteiger partial charge in [0.05, 0.1) is 12.1 Å². The Labute approximate surface area is 111 Å². The largest absolute Gasteiger partial charge is 0.486 e. The molecule has 19 heavy (non-hydrogen) atoms. The lowest BCUT2D eigenvalue weighted by Crippen LogP contribution is -2.07. The van der Waals surface area contributed by atoms with Crippen molar-refractivity contribution in [1.82, 2.24) is 20.2 Å². The van der Waals surface area contributed by atoms with Crippen LogP contribution < -0.4 is 4.74 Å². The van der Waals surface area contributed by atoms with Gasteiger partial charge in [0.2, 0.25) is 0 Å². The molecule has 1 heterocycles. The lowest BCUT2D eigenvalue weighted by atomic mass is 10.1. The third kappa shape index (κ3) is 2.73. The van der Waals surface area contributed by atoms with Crippen molar-refractivity contribution in [2.45, 2.75) is 38.5 Å². The number of aromatic nitrogens is 4. The first-order valence-corrected chi connectivity index (χ1v) is 6.41. The average molecular weight is 260 g/mol. The van der Waals surface area contributed by atoms with Gasteiger partial charge in [0.1, 0.15) is 12.4 Å². The number of hydrogen-bond acceptors (Lipinski definition) is 5. The molecule has 1 aromatic carbocycles. The molecule has 0 saturated heterocycles. The minimum atomic E-state index is -0.500. The molecule has 0 radical (unpaired) electrons. The van der Waals surface area contributed by atoms with Crippen molar-refractivity contribution in [2.24, 2.45) is 0 Å². The van der Waals surface area contributed by atoms with Crippen molar-refractivity contribution in [3.8, 4) is 5.75 Å². The van der Waals surface area contributed by atoms with Gasteiger partial charge in [0, 0.05) is 0 Å². The zero-order valence-corrected chi connectivity index (χ0v) is 10.7. The van der Waals surface area contributed by atoms with Gasteiger partial charge in [-0.25, -0.2) is 4.68 Å². The summed E-state index contributed by atoms with van der Waals surface area (Å²) in [6.07, 6.45) is 1.77. The second kappa shape index (κ2) is 4.97. The van der Waals surface area contributed by atoms with Crippen molar-refractivity contribution in [3.05, 3.63) is 35.7 Å². The van der Waals surface area contributed by atoms with E-state index in [1.54, 1.807) is 6.92 Å². The molecule has 1 aliphatic carbocycles. The Kier molecular flexibility index (Phi) is 3.16. The topological polar surface area (TPSA) is 73.1 Å². The van der Waals surface area contributed by atoms with Gasteiger partial charge in [0.25, 0.3) is 0 Å². The van der Waals surface area contributed by atoms with E-state index in [1.165, 1.54) is 0 Å². The monoisotopic (exact) mass is 260 g/mol. The van der Waals surface area contributed by atoms with Crippen LogP contribution in [0.4, 0.5) is 0 Å². The van der Waals surface area contributed by atoms with E-state index in [-0.39, 0.29) is 0 Å². The van der Waals surface area contributed by atoms with Crippen molar-refractivity contribution in [2.75, 3.05) is 0 Å². The maximum absolute atomic E-state index is 9.53. The molecule has 0 bridgehead atoms. The number of hydrogen-bond donors (Lipinski definition) is 1. The van der Waals surface area contributed by atoms with Crippen molar-refractivity contribution >= 4 is 0 Å². The molecule has 1 saturated carbocycles. The van der Waals surface area contributed by atoms with Gasteiger partial charge in [-0.3, -0.25) is 0 Å². The predicted molar refractivity (Wildman–Crippen MR) is 67.5 cm³/mol. The fourth-order valence-corrected chi connectivity index (χ4v) is 1.92. The summed E-state index contributed by atoms with van der Waals surface area (Å²) >= 11 is 0. The van der Waals surface area contributed by atoms with E-state index in [1.807, 2.05) is 28.9 Å². The van der Waals surface area contributed by atoms with E-state index in [0.717, 1.165) is 24.2 Å². The van der Waals surface area contributed by atoms with Crippen LogP contribution in [0.3, 0.4) is 0 Å². The molecule has 3 rings (SSSR count). The maximum Gasteiger partial charge on any atom is 0.189 e. The number of tetrazole rings is 1. The molecule has 2 aromatic rings. The van der Waals surface area contributed by atoms with Crippen LogP contribution in [0.15, 0.2) is 24.3 Å². The van der Waals surface area contributed by atoms with E-state index in [2.05, 4.69) is 15.5 Å². The molecule has 1 aliphatic rings. The second-order valence-electron chi connectivity index (χ2n) is 4.81. The molecule has 1 fully saturated rings. The first kappa shape index (κ1) is 12.1. The molecule has 0 amide bonds. The van der Waals surface area contributed by atoms with E-state index in [0.29, 0.717) is 18.4 Å². The highest BCUT2D eigenvalue weighted by molar-refractivity contribution is 5.29. The standard InChI is InChI=1S/C13H16N4O2/c1-9(18)10-3-2-4-12(7-10)19-8-13-14-15-16-17(13)11-5-6-11/h2-4,7,9,11,18H,5-6,8H2,1H3. The molecule has 1 N–H and O–H groups in total. The van der Waals surface area contributed by atoms with Gasteiger partial charge in [-0.1, -0.05) is 12.1 Å². The van der Waals surface area contributed by atoms with Crippen LogP contribution in [0.1, 0.15) is 43.3 Å². The normalized spacial score (nSPS) is 16.3. The minimum Gasteiger partial charge on any atom is -0.486 e. The molecule has 1 aromatic heterocycles. The van der Waals surface area contributed by atoms with Gasteiger partial charge < -0.3 is 9.84 Å². The minimum absolute atomic E-state index is 0.340. The highest BCUT2D eigenvalue weighted by Gasteiger charge is 2.27. The Hall–Kier alpha value is -1.95. The van der Waals surface area contributed by atoms with Gasteiger partial charge in [-0.15, -0.1) is 5.10 Å². The molecule has 1 atom stereocenters. The van der Waals surface area contributed by atoms with Crippen LogP contribution in [0.5, 0.6) is 5.75 Å². The van der Waals surface area contributed by atoms with Crippen LogP contribution in [0.2, 0.25) is 0 Å². The van der Waals surface area contributed by atoms with E-state index < -0.39 is 6.10 Å². The summed E-state index contributed by atoms with van der Waals surface area (Å²) in [7, 11) is 0. The van der Waals surface area contributed by atoms with Gasteiger partial charge >= 0.3 is 0 Å². The van der Waals surface area contributed by atoms with E-state index >= 15 is 0 Å². The summed E-state index contributed by atoms with van der Waals surface area (Å²) in [4.78, 5) is 0. The van der Waals surface area contributed by atoms with Crippen LogP contribution >= 0.6 is 0 Å². The number of ether oxygens (including phenoxy) is 1. The van der Waals surface area contributed by atoms with Crippen LogP contribution in [-0.2, 0) is 6.61 Å². The van der Waals surface area contributed by atoms with Crippen LogP contribution in [0, 0.1) is 0 Å². The van der Waals surface area contributed by atoms with Crippen molar-refractivity contribution < 1.29 is 9.84 Å². The summed E-state index contributed by atoms with van der Waals surface area (Å²) in [6.45, 7) is 2.07. The number of aliphatic hydroxyl groups excluding tert-OH is 1. The molecular weight excluding hydrogens is 244 g/mol. The maximum atomic E-state index is 9.53. The number of benzene rings is 1. The molecule has 0 aliphatic heterocycles. The Morgan fingerprint density at radius 3 is 3.05 bits per heavy atom. The fourth-order valence-electron chi connectivity index (χ4n) is 1.92. The molecular formula is C13H16N4O2. The van der Waals surface area contributed by atoms with Crippen molar-refractivity contribution in [3.63, 3.8) is 0 Å². The number of nitrogens with zero attached hydrogens (tertiary/aromatic N) is 4. The quantitative estimate of drug-likeness (QED) is 0.884. The Morgan fingerprint density at radius 2 is 2.32 bits per heavy atom. The zero-order chi connectivity index (χ0) is 13.2.